The standard InChI is InChI=1S/C22H23N3O5S/c26-21-15-18(23-20-10-3-6-13-25(20)21)16-30-22(27)17-8-7-9-19(14-17)31(28,29)24-11-4-1-2-5-12-24/h3,6-10,13-15H,1-2,4-5,11-12,16H2. The Hall–Kier alpha value is -3.04. The number of esters is 1. The van der Waals surface area contributed by atoms with Crippen molar-refractivity contribution < 1.29 is 17.9 Å². The molecule has 1 aliphatic rings. The summed E-state index contributed by atoms with van der Waals surface area (Å²) < 4.78 is 34.1. The van der Waals surface area contributed by atoms with E-state index in [-0.39, 0.29) is 22.6 Å². The van der Waals surface area contributed by atoms with Gasteiger partial charge in [-0.2, -0.15) is 4.31 Å². The van der Waals surface area contributed by atoms with Crippen LogP contribution in [0.3, 0.4) is 0 Å². The minimum atomic E-state index is -3.67. The van der Waals surface area contributed by atoms with Crippen molar-refractivity contribution in [2.45, 2.75) is 37.2 Å². The third-order valence-electron chi connectivity index (χ3n) is 5.25. The van der Waals surface area contributed by atoms with Crippen LogP contribution < -0.4 is 5.56 Å². The van der Waals surface area contributed by atoms with Crippen LogP contribution in [0.25, 0.3) is 5.65 Å². The van der Waals surface area contributed by atoms with E-state index in [4.69, 9.17) is 4.74 Å². The molecule has 1 aliphatic heterocycles. The van der Waals surface area contributed by atoms with Crippen molar-refractivity contribution in [1.82, 2.24) is 13.7 Å². The molecule has 1 saturated heterocycles. The van der Waals surface area contributed by atoms with Crippen molar-refractivity contribution in [3.8, 4) is 0 Å². The Morgan fingerprint density at radius 1 is 1.00 bits per heavy atom. The third-order valence-corrected chi connectivity index (χ3v) is 7.14. The lowest BCUT2D eigenvalue weighted by molar-refractivity contribution is 0.0467. The van der Waals surface area contributed by atoms with Gasteiger partial charge in [0.15, 0.2) is 0 Å². The average Bonchev–Trinajstić information content (AvgIpc) is 3.08. The zero-order valence-electron chi connectivity index (χ0n) is 16.9. The van der Waals surface area contributed by atoms with Gasteiger partial charge in [-0.05, 0) is 43.2 Å². The molecule has 1 fully saturated rings. The quantitative estimate of drug-likeness (QED) is 0.565. The Labute approximate surface area is 180 Å². The number of ether oxygens (including phenoxy) is 1. The fraction of sp³-hybridized carbons (Fsp3) is 0.318. The summed E-state index contributed by atoms with van der Waals surface area (Å²) in [5.41, 5.74) is 0.625. The summed E-state index contributed by atoms with van der Waals surface area (Å²) in [5.74, 6) is -0.678. The molecule has 3 heterocycles. The maximum atomic E-state index is 13.0. The molecule has 3 aromatic rings. The van der Waals surface area contributed by atoms with Crippen LogP contribution in [0.5, 0.6) is 0 Å². The number of nitrogens with zero attached hydrogens (tertiary/aromatic N) is 3. The van der Waals surface area contributed by atoms with Crippen LogP contribution in [0.15, 0.2) is 64.4 Å². The van der Waals surface area contributed by atoms with Gasteiger partial charge in [0.2, 0.25) is 10.0 Å². The Kier molecular flexibility index (Phi) is 6.15. The van der Waals surface area contributed by atoms with Crippen molar-refractivity contribution in [2.75, 3.05) is 13.1 Å². The smallest absolute Gasteiger partial charge is 0.338 e. The fourth-order valence-electron chi connectivity index (χ4n) is 3.61. The predicted octanol–water partition coefficient (Wildman–Crippen LogP) is 2.62. The summed E-state index contributed by atoms with van der Waals surface area (Å²) >= 11 is 0. The number of sulfonamides is 1. The topological polar surface area (TPSA) is 98.0 Å². The average molecular weight is 442 g/mol. The van der Waals surface area contributed by atoms with E-state index in [0.29, 0.717) is 24.4 Å². The van der Waals surface area contributed by atoms with Crippen LogP contribution >= 0.6 is 0 Å². The molecular formula is C22H23N3O5S. The molecule has 162 valence electrons. The van der Waals surface area contributed by atoms with E-state index in [9.17, 15) is 18.0 Å². The third kappa shape index (κ3) is 4.67. The normalized spacial score (nSPS) is 15.5. The maximum Gasteiger partial charge on any atom is 0.338 e. The highest BCUT2D eigenvalue weighted by atomic mass is 32.2. The SMILES string of the molecule is O=C(OCc1cc(=O)n2ccccc2n1)c1cccc(S(=O)(=O)N2CCCCCC2)c1. The first-order valence-corrected chi connectivity index (χ1v) is 11.6. The van der Waals surface area contributed by atoms with Crippen molar-refractivity contribution in [3.63, 3.8) is 0 Å². The largest absolute Gasteiger partial charge is 0.456 e. The summed E-state index contributed by atoms with van der Waals surface area (Å²) in [5, 5.41) is 0. The van der Waals surface area contributed by atoms with E-state index in [1.165, 1.54) is 39.0 Å². The van der Waals surface area contributed by atoms with E-state index < -0.39 is 16.0 Å². The van der Waals surface area contributed by atoms with Crippen LogP contribution in [-0.4, -0.2) is 41.2 Å². The zero-order valence-corrected chi connectivity index (χ0v) is 17.8. The highest BCUT2D eigenvalue weighted by molar-refractivity contribution is 7.89. The fourth-order valence-corrected chi connectivity index (χ4v) is 5.18. The second kappa shape index (κ2) is 8.99. The monoisotopic (exact) mass is 441 g/mol. The lowest BCUT2D eigenvalue weighted by atomic mass is 10.2. The van der Waals surface area contributed by atoms with Crippen LogP contribution in [0.2, 0.25) is 0 Å². The number of rotatable bonds is 5. The van der Waals surface area contributed by atoms with Gasteiger partial charge in [0.1, 0.15) is 12.3 Å². The van der Waals surface area contributed by atoms with Crippen molar-refractivity contribution in [2.24, 2.45) is 0 Å². The van der Waals surface area contributed by atoms with Gasteiger partial charge in [0, 0.05) is 25.4 Å². The molecule has 1 aromatic carbocycles. The second-order valence-electron chi connectivity index (χ2n) is 7.44. The Balaban J connectivity index is 1.50. The van der Waals surface area contributed by atoms with Gasteiger partial charge in [0.25, 0.3) is 5.56 Å². The van der Waals surface area contributed by atoms with Gasteiger partial charge < -0.3 is 4.74 Å². The van der Waals surface area contributed by atoms with Gasteiger partial charge in [0.05, 0.1) is 16.2 Å². The zero-order chi connectivity index (χ0) is 21.8. The number of aromatic nitrogens is 2. The van der Waals surface area contributed by atoms with Crippen LogP contribution in [0, 0.1) is 0 Å². The van der Waals surface area contributed by atoms with Gasteiger partial charge in [-0.1, -0.05) is 25.0 Å². The molecule has 0 radical (unpaired) electrons. The number of pyridine rings is 1. The van der Waals surface area contributed by atoms with Gasteiger partial charge in [-0.15, -0.1) is 0 Å². The second-order valence-corrected chi connectivity index (χ2v) is 9.37. The molecule has 2 aromatic heterocycles. The summed E-state index contributed by atoms with van der Waals surface area (Å²) in [7, 11) is -3.67. The highest BCUT2D eigenvalue weighted by Gasteiger charge is 2.26. The molecule has 0 amide bonds. The minimum absolute atomic E-state index is 0.0749. The summed E-state index contributed by atoms with van der Waals surface area (Å²) in [6.07, 6.45) is 5.31. The first-order valence-electron chi connectivity index (χ1n) is 10.2. The number of hydrogen-bond donors (Lipinski definition) is 0. The Morgan fingerprint density at radius 3 is 2.55 bits per heavy atom. The van der Waals surface area contributed by atoms with Crippen molar-refractivity contribution in [3.05, 3.63) is 76.3 Å². The van der Waals surface area contributed by atoms with E-state index in [2.05, 4.69) is 4.98 Å². The number of carbonyl (C=O) groups is 1. The molecule has 9 heteroatoms. The molecule has 0 spiro atoms. The lowest BCUT2D eigenvalue weighted by Gasteiger charge is -2.20. The predicted molar refractivity (Wildman–Crippen MR) is 114 cm³/mol. The number of benzene rings is 1. The summed E-state index contributed by atoms with van der Waals surface area (Å²) in [4.78, 5) is 29.1. The van der Waals surface area contributed by atoms with Gasteiger partial charge in [-0.25, -0.2) is 18.2 Å². The van der Waals surface area contributed by atoms with Crippen LogP contribution in [0.4, 0.5) is 0 Å². The highest BCUT2D eigenvalue weighted by Crippen LogP contribution is 2.21. The molecule has 0 saturated carbocycles. The molecule has 0 bridgehead atoms. The summed E-state index contributed by atoms with van der Waals surface area (Å²) in [6.45, 7) is 0.781. The van der Waals surface area contributed by atoms with Gasteiger partial charge >= 0.3 is 5.97 Å². The maximum absolute atomic E-state index is 13.0. The summed E-state index contributed by atoms with van der Waals surface area (Å²) in [6, 6.07) is 12.3. The first-order chi connectivity index (χ1) is 14.9. The number of hydrogen-bond acceptors (Lipinski definition) is 6. The number of fused-ring (bicyclic) bond motifs is 1. The van der Waals surface area contributed by atoms with Crippen LogP contribution in [0.1, 0.15) is 41.7 Å². The molecular weight excluding hydrogens is 418 g/mol. The molecule has 4 rings (SSSR count). The Bertz CT molecular complexity index is 1260. The molecule has 31 heavy (non-hydrogen) atoms. The lowest BCUT2D eigenvalue weighted by Crippen LogP contribution is -2.32. The van der Waals surface area contributed by atoms with E-state index in [1.54, 1.807) is 24.4 Å². The van der Waals surface area contributed by atoms with E-state index in [0.717, 1.165) is 25.7 Å². The molecule has 0 unspecified atom stereocenters. The molecule has 8 nitrogen and oxygen atoms in total. The van der Waals surface area contributed by atoms with Crippen LogP contribution in [-0.2, 0) is 21.4 Å². The first kappa shape index (κ1) is 21.2. The molecule has 0 N–H and O–H groups in total. The van der Waals surface area contributed by atoms with E-state index in [1.807, 2.05) is 0 Å². The van der Waals surface area contributed by atoms with Gasteiger partial charge in [-0.3, -0.25) is 9.20 Å². The number of carbonyl (C=O) groups excluding carboxylic acids is 1. The van der Waals surface area contributed by atoms with E-state index >= 15 is 0 Å². The molecule has 0 aliphatic carbocycles. The Morgan fingerprint density at radius 2 is 1.77 bits per heavy atom. The van der Waals surface area contributed by atoms with Crippen molar-refractivity contribution in [1.29, 1.82) is 0 Å². The molecule has 0 atom stereocenters. The minimum Gasteiger partial charge on any atom is -0.456 e. The van der Waals surface area contributed by atoms with Crippen molar-refractivity contribution >= 4 is 21.6 Å².